The Balaban J connectivity index is 1.71. The predicted octanol–water partition coefficient (Wildman–Crippen LogP) is 2.87. The minimum Gasteiger partial charge on any atom is -0.458 e. The number of carbonyl (C=O) groups excluding carboxylic acids is 3. The van der Waals surface area contributed by atoms with Gasteiger partial charge in [-0.1, -0.05) is 12.1 Å². The molecule has 0 aromatic heterocycles. The molecule has 0 saturated carbocycles. The van der Waals surface area contributed by atoms with Crippen LogP contribution in [0.15, 0.2) is 35.6 Å². The van der Waals surface area contributed by atoms with Crippen LogP contribution >= 0.6 is 0 Å². The predicted molar refractivity (Wildman–Crippen MR) is 95.6 cm³/mol. The van der Waals surface area contributed by atoms with Crippen molar-refractivity contribution in [3.05, 3.63) is 57.9 Å². The number of benzene rings is 1. The van der Waals surface area contributed by atoms with E-state index in [2.05, 4.69) is 0 Å². The lowest BCUT2D eigenvalue weighted by atomic mass is 9.95. The number of esters is 3. The van der Waals surface area contributed by atoms with E-state index < -0.39 is 42.3 Å². The Labute approximate surface area is 161 Å². The maximum absolute atomic E-state index is 12.5. The van der Waals surface area contributed by atoms with Crippen molar-refractivity contribution in [2.45, 2.75) is 46.2 Å². The lowest BCUT2D eigenvalue weighted by Crippen LogP contribution is -2.17. The Morgan fingerprint density at radius 3 is 2.50 bits per heavy atom. The van der Waals surface area contributed by atoms with Gasteiger partial charge in [0, 0.05) is 29.7 Å². The van der Waals surface area contributed by atoms with Gasteiger partial charge in [-0.05, 0) is 31.9 Å². The number of fused-ring (bicyclic) bond motifs is 3. The van der Waals surface area contributed by atoms with Crippen LogP contribution in [0.25, 0.3) is 0 Å². The summed E-state index contributed by atoms with van der Waals surface area (Å²) in [5.74, 6) is -1.97. The second-order valence-corrected chi connectivity index (χ2v) is 7.22. The summed E-state index contributed by atoms with van der Waals surface area (Å²) in [4.78, 5) is 35.7. The van der Waals surface area contributed by atoms with Crippen molar-refractivity contribution in [3.63, 3.8) is 0 Å². The third-order valence-electron chi connectivity index (χ3n) is 5.44. The first kappa shape index (κ1) is 18.3. The van der Waals surface area contributed by atoms with Gasteiger partial charge >= 0.3 is 17.9 Å². The fourth-order valence-corrected chi connectivity index (χ4v) is 3.95. The highest BCUT2D eigenvalue weighted by molar-refractivity contribution is 5.92. The van der Waals surface area contributed by atoms with Gasteiger partial charge < -0.3 is 18.9 Å². The first-order chi connectivity index (χ1) is 13.3. The molecule has 3 aliphatic rings. The zero-order valence-corrected chi connectivity index (χ0v) is 16.0. The first-order valence-corrected chi connectivity index (χ1v) is 9.01. The molecule has 0 N–H and O–H groups in total. The van der Waals surface area contributed by atoms with Gasteiger partial charge in [-0.25, -0.2) is 9.59 Å². The molecule has 2 heterocycles. The molecule has 0 radical (unpaired) electrons. The topological polar surface area (TPSA) is 88.1 Å². The van der Waals surface area contributed by atoms with E-state index in [0.717, 1.165) is 22.3 Å². The lowest BCUT2D eigenvalue weighted by molar-refractivity contribution is -0.153. The molecule has 1 aliphatic carbocycles. The molecule has 0 unspecified atom stereocenters. The van der Waals surface area contributed by atoms with Gasteiger partial charge in [0.25, 0.3) is 6.29 Å². The van der Waals surface area contributed by atoms with E-state index in [-0.39, 0.29) is 5.57 Å². The minimum absolute atomic E-state index is 0.249. The number of carbonyl (C=O) groups is 3. The molecule has 0 spiro atoms. The Morgan fingerprint density at radius 2 is 1.86 bits per heavy atom. The van der Waals surface area contributed by atoms with Crippen molar-refractivity contribution in [1.29, 1.82) is 0 Å². The highest BCUT2D eigenvalue weighted by atomic mass is 16.7. The monoisotopic (exact) mass is 384 g/mol. The van der Waals surface area contributed by atoms with Gasteiger partial charge in [-0.3, -0.25) is 4.79 Å². The molecular formula is C21H20O7. The molecule has 1 aromatic rings. The molecule has 4 atom stereocenters. The minimum atomic E-state index is -0.896. The maximum Gasteiger partial charge on any atom is 0.338 e. The van der Waals surface area contributed by atoms with Crippen molar-refractivity contribution >= 4 is 17.9 Å². The van der Waals surface area contributed by atoms with Crippen LogP contribution in [0, 0.1) is 19.8 Å². The van der Waals surface area contributed by atoms with E-state index in [1.807, 2.05) is 26.0 Å². The molecule has 0 amide bonds. The quantitative estimate of drug-likeness (QED) is 0.343. The summed E-state index contributed by atoms with van der Waals surface area (Å²) in [6, 6.07) is 3.86. The molecule has 1 aromatic carbocycles. The van der Waals surface area contributed by atoms with E-state index in [1.54, 1.807) is 6.92 Å². The van der Waals surface area contributed by atoms with Crippen molar-refractivity contribution < 1.29 is 33.3 Å². The average molecular weight is 384 g/mol. The zero-order valence-electron chi connectivity index (χ0n) is 16.0. The largest absolute Gasteiger partial charge is 0.458 e. The molecular weight excluding hydrogens is 364 g/mol. The van der Waals surface area contributed by atoms with Gasteiger partial charge in [0.2, 0.25) is 0 Å². The standard InChI is InChI=1S/C21H20O7/c1-9-5-6-13-16(11(9)3)19-17(18(13)26-12(4)22)14(21(24)28-19)8-25-15-7-10(2)20(23)27-15/h5-8,15,17-19H,1-4H3/b14-8+/t15-,17+,18-,19-/m0/s1. The number of rotatable bonds is 3. The van der Waals surface area contributed by atoms with E-state index >= 15 is 0 Å². The fraction of sp³-hybridized carbons (Fsp3) is 0.381. The summed E-state index contributed by atoms with van der Waals surface area (Å²) in [6.07, 6.45) is 0.681. The Morgan fingerprint density at radius 1 is 1.11 bits per heavy atom. The Bertz CT molecular complexity index is 956. The Hall–Kier alpha value is -3.09. The van der Waals surface area contributed by atoms with Crippen LogP contribution in [-0.4, -0.2) is 24.2 Å². The van der Waals surface area contributed by atoms with Crippen LogP contribution in [0.3, 0.4) is 0 Å². The number of ether oxygens (including phenoxy) is 4. The Kier molecular flexibility index (Phi) is 4.25. The van der Waals surface area contributed by atoms with Crippen molar-refractivity contribution in [2.75, 3.05) is 0 Å². The summed E-state index contributed by atoms with van der Waals surface area (Å²) in [5.41, 5.74) is 4.45. The summed E-state index contributed by atoms with van der Waals surface area (Å²) in [6.45, 7) is 6.88. The number of cyclic esters (lactones) is 1. The normalized spacial score (nSPS) is 29.1. The summed E-state index contributed by atoms with van der Waals surface area (Å²) in [7, 11) is 0. The van der Waals surface area contributed by atoms with Gasteiger partial charge in [0.05, 0.1) is 17.8 Å². The van der Waals surface area contributed by atoms with E-state index in [9.17, 15) is 14.4 Å². The highest BCUT2D eigenvalue weighted by Crippen LogP contribution is 2.56. The smallest absolute Gasteiger partial charge is 0.338 e. The third-order valence-corrected chi connectivity index (χ3v) is 5.44. The molecule has 1 saturated heterocycles. The van der Waals surface area contributed by atoms with E-state index in [1.165, 1.54) is 19.3 Å². The molecule has 146 valence electrons. The van der Waals surface area contributed by atoms with Crippen molar-refractivity contribution in [1.82, 2.24) is 0 Å². The molecule has 2 aliphatic heterocycles. The second kappa shape index (κ2) is 6.51. The fourth-order valence-electron chi connectivity index (χ4n) is 3.95. The number of hydrogen-bond acceptors (Lipinski definition) is 7. The second-order valence-electron chi connectivity index (χ2n) is 7.22. The van der Waals surface area contributed by atoms with E-state index in [0.29, 0.717) is 5.57 Å². The van der Waals surface area contributed by atoms with E-state index in [4.69, 9.17) is 18.9 Å². The van der Waals surface area contributed by atoms with Gasteiger partial charge in [-0.15, -0.1) is 0 Å². The summed E-state index contributed by atoms with van der Waals surface area (Å²) in [5, 5.41) is 0. The number of hydrogen-bond donors (Lipinski definition) is 0. The lowest BCUT2D eigenvalue weighted by Gasteiger charge is -2.18. The molecule has 1 fully saturated rings. The van der Waals surface area contributed by atoms with Crippen LogP contribution in [0.5, 0.6) is 0 Å². The molecule has 7 heteroatoms. The summed E-state index contributed by atoms with van der Waals surface area (Å²) >= 11 is 0. The molecule has 4 rings (SSSR count). The van der Waals surface area contributed by atoms with Gasteiger partial charge in [0.1, 0.15) is 12.2 Å². The maximum atomic E-state index is 12.5. The highest BCUT2D eigenvalue weighted by Gasteiger charge is 2.54. The number of aryl methyl sites for hydroxylation is 1. The van der Waals surface area contributed by atoms with Crippen molar-refractivity contribution in [2.24, 2.45) is 5.92 Å². The third kappa shape index (κ3) is 2.78. The summed E-state index contributed by atoms with van der Waals surface area (Å²) < 4.78 is 21.7. The average Bonchev–Trinajstić information content (AvgIpc) is 3.21. The van der Waals surface area contributed by atoms with Crippen LogP contribution in [0.1, 0.15) is 48.3 Å². The molecule has 28 heavy (non-hydrogen) atoms. The van der Waals surface area contributed by atoms with Gasteiger partial charge in [0.15, 0.2) is 0 Å². The van der Waals surface area contributed by atoms with Crippen molar-refractivity contribution in [3.8, 4) is 0 Å². The van der Waals surface area contributed by atoms with Crippen LogP contribution < -0.4 is 0 Å². The molecule has 7 nitrogen and oxygen atoms in total. The van der Waals surface area contributed by atoms with Crippen LogP contribution in [-0.2, 0) is 33.3 Å². The first-order valence-electron chi connectivity index (χ1n) is 9.01. The van der Waals surface area contributed by atoms with Gasteiger partial charge in [-0.2, -0.15) is 0 Å². The molecule has 0 bridgehead atoms. The zero-order chi connectivity index (χ0) is 20.2. The van der Waals surface area contributed by atoms with Crippen LogP contribution in [0.2, 0.25) is 0 Å². The van der Waals surface area contributed by atoms with Crippen LogP contribution in [0.4, 0.5) is 0 Å². The SMILES string of the molecule is CC(=O)O[C@H]1c2ccc(C)c(C)c2[C@@H]2OC(=O)/C(=C/O[C@@H]3C=C(C)C(=O)O3)[C@H]12.